The maximum atomic E-state index is 13.5. The highest BCUT2D eigenvalue weighted by molar-refractivity contribution is 9.10. The minimum Gasteiger partial charge on any atom is -0.380 e. The van der Waals surface area contributed by atoms with E-state index >= 15 is 0 Å². The van der Waals surface area contributed by atoms with Crippen molar-refractivity contribution in [3.63, 3.8) is 0 Å². The van der Waals surface area contributed by atoms with Crippen LogP contribution in [0.1, 0.15) is 6.42 Å². The molecule has 1 saturated heterocycles. The molecule has 2 rings (SSSR count). The van der Waals surface area contributed by atoms with E-state index in [9.17, 15) is 13.6 Å². The van der Waals surface area contributed by atoms with Gasteiger partial charge in [-0.2, -0.15) is 0 Å². The monoisotopic (exact) mass is 334 g/mol. The Morgan fingerprint density at radius 2 is 2.21 bits per heavy atom. The number of methoxy groups -OCH3 is 1. The van der Waals surface area contributed by atoms with Crippen LogP contribution in [0.3, 0.4) is 0 Å². The number of halogens is 3. The highest BCUT2D eigenvalue weighted by atomic mass is 79.9. The molecule has 2 N–H and O–H groups in total. The summed E-state index contributed by atoms with van der Waals surface area (Å²) in [7, 11) is 1.57. The van der Waals surface area contributed by atoms with Crippen LogP contribution in [0.2, 0.25) is 0 Å². The van der Waals surface area contributed by atoms with Gasteiger partial charge in [-0.05, 0) is 28.4 Å². The van der Waals surface area contributed by atoms with Gasteiger partial charge in [-0.3, -0.25) is 4.79 Å². The number of rotatable bonds is 3. The molecule has 2 unspecified atom stereocenters. The lowest BCUT2D eigenvalue weighted by Crippen LogP contribution is -2.35. The maximum Gasteiger partial charge on any atom is 0.241 e. The Hall–Kier alpha value is -1.05. The van der Waals surface area contributed by atoms with Gasteiger partial charge in [0.25, 0.3) is 0 Å². The zero-order valence-electron chi connectivity index (χ0n) is 10.2. The Bertz CT molecular complexity index is 499. The summed E-state index contributed by atoms with van der Waals surface area (Å²) in [6.07, 6.45) is 0.493. The number of benzene rings is 1. The predicted octanol–water partition coefficient (Wildman–Crippen LogP) is 2.04. The molecule has 0 radical (unpaired) electrons. The van der Waals surface area contributed by atoms with Crippen molar-refractivity contribution in [2.75, 3.05) is 19.0 Å². The summed E-state index contributed by atoms with van der Waals surface area (Å²) in [5.74, 6) is -1.89. The van der Waals surface area contributed by atoms with Crippen LogP contribution in [0.25, 0.3) is 0 Å². The largest absolute Gasteiger partial charge is 0.380 e. The Kier molecular flexibility index (Phi) is 4.49. The average molecular weight is 335 g/mol. The fourth-order valence-electron chi connectivity index (χ4n) is 1.92. The van der Waals surface area contributed by atoms with E-state index in [1.54, 1.807) is 7.11 Å². The molecule has 1 aromatic carbocycles. The second kappa shape index (κ2) is 5.94. The zero-order valence-corrected chi connectivity index (χ0v) is 11.8. The third kappa shape index (κ3) is 3.29. The lowest BCUT2D eigenvalue weighted by molar-refractivity contribution is -0.118. The molecule has 1 aromatic rings. The lowest BCUT2D eigenvalue weighted by atomic mass is 10.2. The van der Waals surface area contributed by atoms with E-state index in [-0.39, 0.29) is 22.2 Å². The van der Waals surface area contributed by atoms with Crippen molar-refractivity contribution in [3.05, 3.63) is 28.2 Å². The second-order valence-electron chi connectivity index (χ2n) is 4.29. The molecule has 1 heterocycles. The van der Waals surface area contributed by atoms with Crippen molar-refractivity contribution in [2.24, 2.45) is 0 Å². The van der Waals surface area contributed by atoms with Gasteiger partial charge in [-0.15, -0.1) is 0 Å². The number of hydrogen-bond donors (Lipinski definition) is 2. The molecular formula is C12H13BrF2N2O2. The van der Waals surface area contributed by atoms with Gasteiger partial charge in [0.05, 0.1) is 22.3 Å². The molecule has 1 amide bonds. The molecule has 1 aliphatic rings. The summed E-state index contributed by atoms with van der Waals surface area (Å²) < 4.78 is 31.8. The number of hydrogen-bond acceptors (Lipinski definition) is 3. The summed E-state index contributed by atoms with van der Waals surface area (Å²) in [5.41, 5.74) is -0.0547. The molecular weight excluding hydrogens is 322 g/mol. The van der Waals surface area contributed by atoms with Crippen LogP contribution < -0.4 is 10.6 Å². The van der Waals surface area contributed by atoms with E-state index in [2.05, 4.69) is 26.6 Å². The molecule has 19 heavy (non-hydrogen) atoms. The van der Waals surface area contributed by atoms with E-state index in [1.165, 1.54) is 6.07 Å². The quantitative estimate of drug-likeness (QED) is 0.832. The van der Waals surface area contributed by atoms with Gasteiger partial charge in [0, 0.05) is 19.7 Å². The highest BCUT2D eigenvalue weighted by Gasteiger charge is 2.29. The first-order valence-electron chi connectivity index (χ1n) is 5.73. The standard InChI is InChI=1S/C12H13BrF2N2O2/c1-19-6-2-11(16-5-6)12(18)17-10-3-7(13)8(14)4-9(10)15/h3-4,6,11,16H,2,5H2,1H3,(H,17,18). The number of nitrogens with one attached hydrogen (secondary N) is 2. The van der Waals surface area contributed by atoms with Crippen molar-refractivity contribution in [3.8, 4) is 0 Å². The topological polar surface area (TPSA) is 50.4 Å². The fraction of sp³-hybridized carbons (Fsp3) is 0.417. The molecule has 0 spiro atoms. The van der Waals surface area contributed by atoms with E-state index in [0.717, 1.165) is 6.07 Å². The van der Waals surface area contributed by atoms with Crippen molar-refractivity contribution >= 4 is 27.5 Å². The minimum atomic E-state index is -0.810. The Morgan fingerprint density at radius 1 is 1.47 bits per heavy atom. The first-order valence-corrected chi connectivity index (χ1v) is 6.52. The SMILES string of the molecule is COC1CNC(C(=O)Nc2cc(Br)c(F)cc2F)C1. The van der Waals surface area contributed by atoms with Crippen molar-refractivity contribution in [1.29, 1.82) is 0 Å². The van der Waals surface area contributed by atoms with Crippen LogP contribution in [0.4, 0.5) is 14.5 Å². The maximum absolute atomic E-state index is 13.5. The fourth-order valence-corrected chi connectivity index (χ4v) is 2.26. The van der Waals surface area contributed by atoms with Gasteiger partial charge in [0.2, 0.25) is 5.91 Å². The van der Waals surface area contributed by atoms with Crippen molar-refractivity contribution in [2.45, 2.75) is 18.6 Å². The number of amides is 1. The van der Waals surface area contributed by atoms with Crippen LogP contribution in [-0.2, 0) is 9.53 Å². The highest BCUT2D eigenvalue weighted by Crippen LogP contribution is 2.24. The Labute approximate surface area is 117 Å². The van der Waals surface area contributed by atoms with Gasteiger partial charge in [0.15, 0.2) is 0 Å². The Morgan fingerprint density at radius 3 is 2.84 bits per heavy atom. The smallest absolute Gasteiger partial charge is 0.241 e. The summed E-state index contributed by atoms with van der Waals surface area (Å²) in [6.45, 7) is 0.574. The summed E-state index contributed by atoms with van der Waals surface area (Å²) in [5, 5.41) is 5.41. The molecule has 7 heteroatoms. The van der Waals surface area contributed by atoms with Crippen LogP contribution in [0.15, 0.2) is 16.6 Å². The number of carbonyl (C=O) groups excluding carboxylic acids is 1. The first kappa shape index (κ1) is 14.4. The molecule has 0 bridgehead atoms. The van der Waals surface area contributed by atoms with Gasteiger partial charge in [-0.25, -0.2) is 8.78 Å². The first-order chi connectivity index (χ1) is 9.01. The third-order valence-electron chi connectivity index (χ3n) is 3.01. The van der Waals surface area contributed by atoms with E-state index in [1.807, 2.05) is 0 Å². The number of anilines is 1. The normalized spacial score (nSPS) is 22.5. The van der Waals surface area contributed by atoms with Gasteiger partial charge in [0.1, 0.15) is 11.6 Å². The minimum absolute atomic E-state index is 0.0273. The van der Waals surface area contributed by atoms with Gasteiger partial charge < -0.3 is 15.4 Å². The van der Waals surface area contributed by atoms with Crippen LogP contribution in [0, 0.1) is 11.6 Å². The molecule has 2 atom stereocenters. The average Bonchev–Trinajstić information content (AvgIpc) is 2.84. The number of ether oxygens (including phenoxy) is 1. The van der Waals surface area contributed by atoms with Gasteiger partial charge >= 0.3 is 0 Å². The summed E-state index contributed by atoms with van der Waals surface area (Å²) in [4.78, 5) is 11.9. The third-order valence-corrected chi connectivity index (χ3v) is 3.62. The molecule has 0 aliphatic carbocycles. The summed E-state index contributed by atoms with van der Waals surface area (Å²) in [6, 6.07) is 1.48. The Balaban J connectivity index is 2.05. The molecule has 104 valence electrons. The van der Waals surface area contributed by atoms with Crippen molar-refractivity contribution in [1.82, 2.24) is 5.32 Å². The second-order valence-corrected chi connectivity index (χ2v) is 5.14. The molecule has 0 aromatic heterocycles. The van der Waals surface area contributed by atoms with E-state index in [0.29, 0.717) is 13.0 Å². The van der Waals surface area contributed by atoms with Crippen LogP contribution >= 0.6 is 15.9 Å². The van der Waals surface area contributed by atoms with Gasteiger partial charge in [-0.1, -0.05) is 0 Å². The van der Waals surface area contributed by atoms with Crippen molar-refractivity contribution < 1.29 is 18.3 Å². The molecule has 1 fully saturated rings. The number of carbonyl (C=O) groups is 1. The van der Waals surface area contributed by atoms with E-state index in [4.69, 9.17) is 4.74 Å². The summed E-state index contributed by atoms with van der Waals surface area (Å²) >= 11 is 2.95. The van der Waals surface area contributed by atoms with E-state index < -0.39 is 17.7 Å². The molecule has 1 aliphatic heterocycles. The predicted molar refractivity (Wildman–Crippen MR) is 69.9 cm³/mol. The van der Waals surface area contributed by atoms with Crippen LogP contribution in [0.5, 0.6) is 0 Å². The lowest BCUT2D eigenvalue weighted by Gasteiger charge is -2.12. The zero-order chi connectivity index (χ0) is 14.0. The molecule has 0 saturated carbocycles. The molecule has 4 nitrogen and oxygen atoms in total. The van der Waals surface area contributed by atoms with Crippen LogP contribution in [-0.4, -0.2) is 31.7 Å².